The van der Waals surface area contributed by atoms with Gasteiger partial charge in [0.25, 0.3) is 0 Å². The van der Waals surface area contributed by atoms with Gasteiger partial charge in [-0.3, -0.25) is 10.1 Å². The van der Waals surface area contributed by atoms with Crippen LogP contribution in [-0.4, -0.2) is 4.92 Å². The van der Waals surface area contributed by atoms with Gasteiger partial charge < -0.3 is 0 Å². The first-order chi connectivity index (χ1) is 6.07. The van der Waals surface area contributed by atoms with E-state index in [1.807, 2.05) is 0 Å². The summed E-state index contributed by atoms with van der Waals surface area (Å²) in [6.07, 6.45) is 0. The van der Waals surface area contributed by atoms with Crippen molar-refractivity contribution in [1.82, 2.24) is 0 Å². The van der Waals surface area contributed by atoms with Gasteiger partial charge >= 0.3 is 5.69 Å². The van der Waals surface area contributed by atoms with E-state index in [0.29, 0.717) is 5.56 Å². The van der Waals surface area contributed by atoms with Gasteiger partial charge in [0.1, 0.15) is 11.6 Å². The number of nitrogens with zero attached hydrogens (tertiary/aromatic N) is 2. The van der Waals surface area contributed by atoms with Crippen molar-refractivity contribution in [1.29, 1.82) is 5.26 Å². The Labute approximate surface area is 80.4 Å². The molecule has 66 valence electrons. The SMILES string of the molecule is Cc1ccc(C#N)c([N+](=O)[O-])c1S. The Morgan fingerprint density at radius 2 is 2.23 bits per heavy atom. The summed E-state index contributed by atoms with van der Waals surface area (Å²) in [5.41, 5.74) is 0.514. The Morgan fingerprint density at radius 1 is 1.62 bits per heavy atom. The van der Waals surface area contributed by atoms with Crippen LogP contribution < -0.4 is 0 Å². The summed E-state index contributed by atoms with van der Waals surface area (Å²) >= 11 is 3.98. The molecule has 13 heavy (non-hydrogen) atoms. The van der Waals surface area contributed by atoms with Gasteiger partial charge in [0.2, 0.25) is 0 Å². The van der Waals surface area contributed by atoms with E-state index >= 15 is 0 Å². The van der Waals surface area contributed by atoms with E-state index in [1.54, 1.807) is 19.1 Å². The molecule has 4 nitrogen and oxygen atoms in total. The number of nitro groups is 1. The molecule has 0 aliphatic heterocycles. The molecule has 0 saturated carbocycles. The minimum absolute atomic E-state index is 0.0422. The van der Waals surface area contributed by atoms with Crippen LogP contribution in [0.5, 0.6) is 0 Å². The molecule has 0 bridgehead atoms. The van der Waals surface area contributed by atoms with E-state index in [2.05, 4.69) is 12.6 Å². The van der Waals surface area contributed by atoms with Crippen molar-refractivity contribution >= 4 is 18.3 Å². The molecule has 1 aromatic rings. The zero-order valence-electron chi connectivity index (χ0n) is 6.81. The summed E-state index contributed by atoms with van der Waals surface area (Å²) < 4.78 is 0. The Hall–Kier alpha value is -1.54. The van der Waals surface area contributed by atoms with Crippen LogP contribution in [0.3, 0.4) is 0 Å². The molecular formula is C8H6N2O2S. The number of benzene rings is 1. The highest BCUT2D eigenvalue weighted by atomic mass is 32.1. The molecule has 0 atom stereocenters. The van der Waals surface area contributed by atoms with Crippen molar-refractivity contribution in [2.24, 2.45) is 0 Å². The molecule has 0 aliphatic rings. The second-order valence-corrected chi connectivity index (χ2v) is 2.94. The smallest absolute Gasteiger partial charge is 0.258 e. The summed E-state index contributed by atoms with van der Waals surface area (Å²) in [4.78, 5) is 10.2. The summed E-state index contributed by atoms with van der Waals surface area (Å²) in [7, 11) is 0. The van der Waals surface area contributed by atoms with E-state index in [0.717, 1.165) is 0 Å². The number of thiol groups is 1. The molecule has 0 N–H and O–H groups in total. The predicted octanol–water partition coefficient (Wildman–Crippen LogP) is 2.06. The van der Waals surface area contributed by atoms with Crippen LogP contribution in [0.4, 0.5) is 5.69 Å². The van der Waals surface area contributed by atoms with E-state index in [1.165, 1.54) is 6.07 Å². The number of aryl methyl sites for hydroxylation is 1. The van der Waals surface area contributed by atoms with E-state index in [-0.39, 0.29) is 16.1 Å². The quantitative estimate of drug-likeness (QED) is 0.422. The van der Waals surface area contributed by atoms with E-state index in [9.17, 15) is 10.1 Å². The average molecular weight is 194 g/mol. The Kier molecular flexibility index (Phi) is 2.54. The van der Waals surface area contributed by atoms with Gasteiger partial charge in [-0.1, -0.05) is 6.07 Å². The fourth-order valence-electron chi connectivity index (χ4n) is 0.956. The zero-order valence-corrected chi connectivity index (χ0v) is 7.71. The lowest BCUT2D eigenvalue weighted by molar-refractivity contribution is -0.388. The normalized spacial score (nSPS) is 9.31. The summed E-state index contributed by atoms with van der Waals surface area (Å²) in [6, 6.07) is 4.81. The van der Waals surface area contributed by atoms with Crippen LogP contribution in [-0.2, 0) is 0 Å². The van der Waals surface area contributed by atoms with Crippen LogP contribution in [0.15, 0.2) is 17.0 Å². The Balaban J connectivity index is 3.53. The topological polar surface area (TPSA) is 66.9 Å². The zero-order chi connectivity index (χ0) is 10.0. The van der Waals surface area contributed by atoms with Gasteiger partial charge in [-0.2, -0.15) is 5.26 Å². The van der Waals surface area contributed by atoms with Crippen LogP contribution in [0.1, 0.15) is 11.1 Å². The lowest BCUT2D eigenvalue weighted by Crippen LogP contribution is -1.95. The molecule has 0 amide bonds. The van der Waals surface area contributed by atoms with Crippen LogP contribution in [0.2, 0.25) is 0 Å². The molecule has 0 radical (unpaired) electrons. The highest BCUT2D eigenvalue weighted by Crippen LogP contribution is 2.29. The maximum absolute atomic E-state index is 10.6. The fraction of sp³-hybridized carbons (Fsp3) is 0.125. The molecule has 1 aromatic carbocycles. The van der Waals surface area contributed by atoms with Gasteiger partial charge in [-0.15, -0.1) is 12.6 Å². The van der Waals surface area contributed by atoms with Crippen LogP contribution >= 0.6 is 12.6 Å². The molecule has 1 rings (SSSR count). The lowest BCUT2D eigenvalue weighted by Gasteiger charge is -2.00. The third kappa shape index (κ3) is 1.63. The third-order valence-corrected chi connectivity index (χ3v) is 2.22. The third-order valence-electron chi connectivity index (χ3n) is 1.66. The predicted molar refractivity (Wildman–Crippen MR) is 49.8 cm³/mol. The van der Waals surface area contributed by atoms with Crippen LogP contribution in [0, 0.1) is 28.4 Å². The highest BCUT2D eigenvalue weighted by molar-refractivity contribution is 7.80. The second-order valence-electron chi connectivity index (χ2n) is 2.50. The van der Waals surface area contributed by atoms with Crippen molar-refractivity contribution in [3.63, 3.8) is 0 Å². The second kappa shape index (κ2) is 3.46. The maximum atomic E-state index is 10.6. The van der Waals surface area contributed by atoms with Crippen molar-refractivity contribution in [3.05, 3.63) is 33.4 Å². The first kappa shape index (κ1) is 9.55. The monoisotopic (exact) mass is 194 g/mol. The molecule has 0 aromatic heterocycles. The summed E-state index contributed by atoms with van der Waals surface area (Å²) in [6.45, 7) is 1.70. The first-order valence-electron chi connectivity index (χ1n) is 3.45. The molecule has 0 aliphatic carbocycles. The maximum Gasteiger partial charge on any atom is 0.300 e. The number of nitriles is 1. The molecule has 0 fully saturated rings. The molecule has 0 unspecified atom stereocenters. The minimum Gasteiger partial charge on any atom is -0.258 e. The molecular weight excluding hydrogens is 188 g/mol. The largest absolute Gasteiger partial charge is 0.300 e. The van der Waals surface area contributed by atoms with Gasteiger partial charge in [-0.05, 0) is 18.6 Å². The minimum atomic E-state index is -0.589. The molecule has 0 spiro atoms. The molecule has 0 heterocycles. The van der Waals surface area contributed by atoms with E-state index < -0.39 is 4.92 Å². The van der Waals surface area contributed by atoms with Gasteiger partial charge in [0.15, 0.2) is 0 Å². The van der Waals surface area contributed by atoms with Crippen molar-refractivity contribution < 1.29 is 4.92 Å². The number of hydrogen-bond acceptors (Lipinski definition) is 4. The van der Waals surface area contributed by atoms with E-state index in [4.69, 9.17) is 5.26 Å². The average Bonchev–Trinajstić information content (AvgIpc) is 2.08. The lowest BCUT2D eigenvalue weighted by atomic mass is 10.1. The van der Waals surface area contributed by atoms with Crippen LogP contribution in [0.25, 0.3) is 0 Å². The molecule has 0 saturated heterocycles. The van der Waals surface area contributed by atoms with Crippen molar-refractivity contribution in [2.75, 3.05) is 0 Å². The van der Waals surface area contributed by atoms with Gasteiger partial charge in [-0.25, -0.2) is 0 Å². The Bertz CT molecular complexity index is 409. The van der Waals surface area contributed by atoms with Gasteiger partial charge in [0.05, 0.1) is 9.82 Å². The number of rotatable bonds is 1. The van der Waals surface area contributed by atoms with Crippen molar-refractivity contribution in [2.45, 2.75) is 11.8 Å². The van der Waals surface area contributed by atoms with Crippen molar-refractivity contribution in [3.8, 4) is 6.07 Å². The number of nitro benzene ring substituents is 1. The summed E-state index contributed by atoms with van der Waals surface area (Å²) in [5.74, 6) is 0. The highest BCUT2D eigenvalue weighted by Gasteiger charge is 2.18. The first-order valence-corrected chi connectivity index (χ1v) is 3.89. The van der Waals surface area contributed by atoms with Gasteiger partial charge in [0, 0.05) is 0 Å². The Morgan fingerprint density at radius 3 is 2.69 bits per heavy atom. The standard InChI is InChI=1S/C8H6N2O2S/c1-5-2-3-6(4-9)7(8(5)13)10(11)12/h2-3,13H,1H3. The number of hydrogen-bond donors (Lipinski definition) is 1. The fourth-order valence-corrected chi connectivity index (χ4v) is 1.23. The summed E-state index contributed by atoms with van der Waals surface area (Å²) in [5, 5.41) is 19.2. The molecule has 5 heteroatoms.